The molecule has 11 nitrogen and oxygen atoms in total. The van der Waals surface area contributed by atoms with E-state index in [4.69, 9.17) is 5.73 Å². The first-order valence-electron chi connectivity index (χ1n) is 21.1. The number of allylic oxidation sites excluding steroid dienone is 3. The highest BCUT2D eigenvalue weighted by Crippen LogP contribution is 2.49. The fourth-order valence-electron chi connectivity index (χ4n) is 9.78. The van der Waals surface area contributed by atoms with Crippen LogP contribution in [0.5, 0.6) is 11.5 Å². The van der Waals surface area contributed by atoms with Crippen molar-refractivity contribution in [2.75, 3.05) is 20.1 Å². The van der Waals surface area contributed by atoms with E-state index < -0.39 is 29.5 Å². The third-order valence-corrected chi connectivity index (χ3v) is 12.8. The smallest absolute Gasteiger partial charge is 0.309 e. The van der Waals surface area contributed by atoms with Crippen molar-refractivity contribution >= 4 is 5.97 Å². The Morgan fingerprint density at radius 1 is 1.02 bits per heavy atom. The van der Waals surface area contributed by atoms with Gasteiger partial charge in [-0.15, -0.1) is 0 Å². The van der Waals surface area contributed by atoms with E-state index in [0.29, 0.717) is 56.1 Å². The van der Waals surface area contributed by atoms with Gasteiger partial charge in [0, 0.05) is 47.9 Å². The lowest BCUT2D eigenvalue weighted by atomic mass is 9.73. The molecule has 1 aromatic carbocycles. The molecule has 0 bridgehead atoms. The van der Waals surface area contributed by atoms with Gasteiger partial charge in [-0.1, -0.05) is 63.7 Å². The lowest BCUT2D eigenvalue weighted by Crippen LogP contribution is -2.48. The fraction of sp³-hybridized carbons (Fsp3) is 0.622. The minimum atomic E-state index is -1.20. The van der Waals surface area contributed by atoms with Crippen molar-refractivity contribution in [2.45, 2.75) is 121 Å². The van der Waals surface area contributed by atoms with Crippen molar-refractivity contribution in [2.24, 2.45) is 41.2 Å². The van der Waals surface area contributed by atoms with Crippen molar-refractivity contribution in [3.8, 4) is 22.8 Å². The molecule has 56 heavy (non-hydrogen) atoms. The zero-order valence-corrected chi connectivity index (χ0v) is 33.5. The minimum Gasteiger partial charge on any atom is -0.508 e. The van der Waals surface area contributed by atoms with Crippen LogP contribution in [-0.4, -0.2) is 79.5 Å². The Hall–Kier alpha value is -3.77. The molecule has 0 amide bonds. The van der Waals surface area contributed by atoms with E-state index >= 15 is 0 Å². The number of aliphatic carboxylic acids is 1. The number of carboxylic acid groups (broad SMARTS) is 1. The number of benzene rings is 1. The summed E-state index contributed by atoms with van der Waals surface area (Å²) < 4.78 is 0. The number of phenols is 2. The Morgan fingerprint density at radius 3 is 2.48 bits per heavy atom. The number of aromatic hydroxyl groups is 2. The number of dihydropyridines is 1. The van der Waals surface area contributed by atoms with Gasteiger partial charge in [0.25, 0.3) is 0 Å². The van der Waals surface area contributed by atoms with Crippen molar-refractivity contribution in [3.05, 3.63) is 71.7 Å². The molecule has 2 aliphatic carbocycles. The standard InChI is InChI=1S/C45H68N4O7/c1-3-4-6-9-29-12-13-32(41(52)20-29)10-7-5-8-11-39(44(54)55)42(53)25-35(28-47-2)45(56)27-31(18-30-16-17-48-43(46)21-30)19-34(45)24-36-14-15-40(49-36)33-22-37(50)26-38(51)23-33/h12-16,21-23,26,29,31-32,34-35,39,41-42,47-53,56H,3-11,17-20,24-25,27-28,46H2,1-2H3,(H,54,55)/t29-,31+,32-,34-,35+,39+,41-,42-,45+/m1/s1. The maximum atomic E-state index is 12.8. The minimum absolute atomic E-state index is 0.0398. The Labute approximate surface area is 333 Å². The summed E-state index contributed by atoms with van der Waals surface area (Å²) >= 11 is 0. The van der Waals surface area contributed by atoms with Crippen LogP contribution in [0.15, 0.2) is 66.0 Å². The molecule has 1 aliphatic heterocycles. The van der Waals surface area contributed by atoms with Gasteiger partial charge in [-0.25, -0.2) is 0 Å². The average molecular weight is 777 g/mol. The van der Waals surface area contributed by atoms with Crippen molar-refractivity contribution in [1.82, 2.24) is 15.6 Å². The van der Waals surface area contributed by atoms with Gasteiger partial charge in [-0.05, 0) is 119 Å². The van der Waals surface area contributed by atoms with Crippen LogP contribution < -0.4 is 16.4 Å². The number of aliphatic hydroxyl groups is 3. The molecule has 0 saturated heterocycles. The molecule has 5 rings (SSSR count). The van der Waals surface area contributed by atoms with Crippen molar-refractivity contribution in [1.29, 1.82) is 0 Å². The van der Waals surface area contributed by atoms with Crippen molar-refractivity contribution < 1.29 is 35.4 Å². The summed E-state index contributed by atoms with van der Waals surface area (Å²) in [6, 6.07) is 8.29. The normalized spacial score (nSPS) is 26.6. The molecule has 11 heteroatoms. The first-order valence-corrected chi connectivity index (χ1v) is 21.1. The molecule has 1 fully saturated rings. The molecular formula is C45H68N4O7. The number of hydrogen-bond acceptors (Lipinski definition) is 9. The number of nitrogens with one attached hydrogen (secondary N) is 3. The molecule has 0 radical (unpaired) electrons. The maximum Gasteiger partial charge on any atom is 0.309 e. The lowest BCUT2D eigenvalue weighted by molar-refractivity contribution is -0.148. The van der Waals surface area contributed by atoms with Crippen molar-refractivity contribution in [3.63, 3.8) is 0 Å². The molecule has 3 aliphatic rings. The third kappa shape index (κ3) is 11.9. The van der Waals surface area contributed by atoms with Gasteiger partial charge >= 0.3 is 5.97 Å². The SMILES string of the molecule is CCCCC[C@@H]1C=C[C@@H](CCCCC[C@H](C(=O)O)[C@H](O)C[C@@H](CNC)[C@]2(O)C[C@@H](CC3=CCNC(N)=C3)C[C@@H]2Cc2ccc(-c3cc(O)cc(O)c3)[nH]2)[C@H](O)C1. The number of aliphatic hydroxyl groups excluding tert-OH is 2. The van der Waals surface area contributed by atoms with Crippen LogP contribution in [0.1, 0.15) is 103 Å². The van der Waals surface area contributed by atoms with E-state index in [2.05, 4.69) is 40.8 Å². The summed E-state index contributed by atoms with van der Waals surface area (Å²) in [5.41, 5.74) is 8.28. The van der Waals surface area contributed by atoms with Crippen LogP contribution in [0.3, 0.4) is 0 Å². The Bertz CT molecular complexity index is 1630. The number of phenolic OH excluding ortho intramolecular Hbond substituents is 2. The summed E-state index contributed by atoms with van der Waals surface area (Å²) in [7, 11) is 1.82. The summed E-state index contributed by atoms with van der Waals surface area (Å²) in [6.07, 6.45) is 18.9. The van der Waals surface area contributed by atoms with Crippen LogP contribution in [-0.2, 0) is 11.2 Å². The van der Waals surface area contributed by atoms with Gasteiger partial charge in [-0.3, -0.25) is 4.79 Å². The zero-order chi connectivity index (χ0) is 40.2. The molecule has 11 N–H and O–H groups in total. The van der Waals surface area contributed by atoms with E-state index in [0.717, 1.165) is 61.9 Å². The van der Waals surface area contributed by atoms with E-state index in [1.165, 1.54) is 25.3 Å². The molecule has 2 heterocycles. The number of hydrogen-bond donors (Lipinski definition) is 10. The monoisotopic (exact) mass is 777 g/mol. The highest BCUT2D eigenvalue weighted by atomic mass is 16.4. The number of aromatic nitrogens is 1. The molecular weight excluding hydrogens is 709 g/mol. The second kappa shape index (κ2) is 20.6. The van der Waals surface area contributed by atoms with E-state index in [1.54, 1.807) is 12.1 Å². The van der Waals surface area contributed by atoms with E-state index in [1.807, 2.05) is 25.3 Å². The number of rotatable bonds is 22. The number of carbonyl (C=O) groups is 1. The van der Waals surface area contributed by atoms with Gasteiger partial charge in [0.2, 0.25) is 0 Å². The Morgan fingerprint density at radius 2 is 1.79 bits per heavy atom. The van der Waals surface area contributed by atoms with Crippen LogP contribution in [0.25, 0.3) is 11.3 Å². The fourth-order valence-corrected chi connectivity index (χ4v) is 9.78. The van der Waals surface area contributed by atoms with E-state index in [9.17, 15) is 35.4 Å². The predicted molar refractivity (Wildman–Crippen MR) is 221 cm³/mol. The van der Waals surface area contributed by atoms with Crippen LogP contribution in [0.4, 0.5) is 0 Å². The van der Waals surface area contributed by atoms with Gasteiger partial charge in [-0.2, -0.15) is 0 Å². The lowest BCUT2D eigenvalue weighted by Gasteiger charge is -2.40. The van der Waals surface area contributed by atoms with Gasteiger partial charge < -0.3 is 52.0 Å². The molecule has 1 aromatic heterocycles. The van der Waals surface area contributed by atoms with Crippen LogP contribution >= 0.6 is 0 Å². The first-order chi connectivity index (χ1) is 26.9. The Balaban J connectivity index is 1.24. The number of aromatic amines is 1. The molecule has 9 atom stereocenters. The summed E-state index contributed by atoms with van der Waals surface area (Å²) in [5.74, 6) is -1.29. The maximum absolute atomic E-state index is 12.8. The molecule has 2 aromatic rings. The molecule has 310 valence electrons. The number of H-pyrrole nitrogens is 1. The number of unbranched alkanes of at least 4 members (excludes halogenated alkanes) is 4. The second-order valence-corrected chi connectivity index (χ2v) is 17.0. The van der Waals surface area contributed by atoms with Gasteiger partial charge in [0.15, 0.2) is 0 Å². The zero-order valence-electron chi connectivity index (χ0n) is 33.5. The van der Waals surface area contributed by atoms with Gasteiger partial charge in [0.05, 0.1) is 29.5 Å². The molecule has 0 unspecified atom stereocenters. The topological polar surface area (TPSA) is 204 Å². The molecule has 0 spiro atoms. The largest absolute Gasteiger partial charge is 0.508 e. The number of carboxylic acids is 1. The highest BCUT2D eigenvalue weighted by Gasteiger charge is 2.51. The number of nitrogens with two attached hydrogens (primary N) is 1. The summed E-state index contributed by atoms with van der Waals surface area (Å²) in [4.78, 5) is 16.0. The van der Waals surface area contributed by atoms with Gasteiger partial charge in [0.1, 0.15) is 11.5 Å². The predicted octanol–water partition coefficient (Wildman–Crippen LogP) is 6.48. The average Bonchev–Trinajstić information content (AvgIpc) is 3.74. The van der Waals surface area contributed by atoms with E-state index in [-0.39, 0.29) is 41.8 Å². The quantitative estimate of drug-likeness (QED) is 0.0466. The summed E-state index contributed by atoms with van der Waals surface area (Å²) in [5, 5.41) is 72.0. The molecule has 1 saturated carbocycles. The summed E-state index contributed by atoms with van der Waals surface area (Å²) in [6.45, 7) is 3.27. The van der Waals surface area contributed by atoms with Crippen LogP contribution in [0, 0.1) is 35.5 Å². The third-order valence-electron chi connectivity index (χ3n) is 12.8. The highest BCUT2D eigenvalue weighted by molar-refractivity contribution is 5.70. The first kappa shape index (κ1) is 43.4. The second-order valence-electron chi connectivity index (χ2n) is 17.0. The van der Waals surface area contributed by atoms with Crippen LogP contribution in [0.2, 0.25) is 0 Å². The Kier molecular flexibility index (Phi) is 15.9.